The van der Waals surface area contributed by atoms with Crippen LogP contribution < -0.4 is 5.73 Å². The maximum absolute atomic E-state index is 12.4. The third-order valence-electron chi connectivity index (χ3n) is 2.88. The van der Waals surface area contributed by atoms with Crippen LogP contribution in [0.3, 0.4) is 0 Å². The fraction of sp³-hybridized carbons (Fsp3) is 0.500. The van der Waals surface area contributed by atoms with Gasteiger partial charge in [0.1, 0.15) is 0 Å². The molecule has 100 valence electrons. The predicted molar refractivity (Wildman–Crippen MR) is 72.7 cm³/mol. The summed E-state index contributed by atoms with van der Waals surface area (Å²) in [5.41, 5.74) is 7.39. The van der Waals surface area contributed by atoms with E-state index in [1.807, 2.05) is 24.3 Å². The first-order chi connectivity index (χ1) is 8.74. The maximum Gasteiger partial charge on any atom is 0.254 e. The van der Waals surface area contributed by atoms with Crippen LogP contribution in [0.1, 0.15) is 22.8 Å². The molecule has 2 N–H and O–H groups in total. The first kappa shape index (κ1) is 14.7. The summed E-state index contributed by atoms with van der Waals surface area (Å²) in [6.07, 6.45) is 0.850. The number of hydrogen-bond acceptors (Lipinski definition) is 3. The van der Waals surface area contributed by atoms with Crippen molar-refractivity contribution in [2.24, 2.45) is 5.73 Å². The lowest BCUT2D eigenvalue weighted by Crippen LogP contribution is -2.38. The Kier molecular flexibility index (Phi) is 6.39. The van der Waals surface area contributed by atoms with E-state index in [1.54, 1.807) is 12.0 Å². The van der Waals surface area contributed by atoms with Crippen molar-refractivity contribution in [1.82, 2.24) is 4.90 Å². The SMILES string of the molecule is CCc1ccccc1C(=O)N(CCN)CCOC. The van der Waals surface area contributed by atoms with Crippen LogP contribution >= 0.6 is 0 Å². The minimum Gasteiger partial charge on any atom is -0.383 e. The molecule has 0 fully saturated rings. The molecule has 0 aliphatic rings. The highest BCUT2D eigenvalue weighted by atomic mass is 16.5. The first-order valence-electron chi connectivity index (χ1n) is 6.30. The Labute approximate surface area is 109 Å². The number of carbonyl (C=O) groups is 1. The summed E-state index contributed by atoms with van der Waals surface area (Å²) >= 11 is 0. The summed E-state index contributed by atoms with van der Waals surface area (Å²) in [5, 5.41) is 0. The van der Waals surface area contributed by atoms with Gasteiger partial charge in [-0.3, -0.25) is 4.79 Å². The maximum atomic E-state index is 12.4. The van der Waals surface area contributed by atoms with E-state index in [0.717, 1.165) is 17.5 Å². The number of carbonyl (C=O) groups excluding carboxylic acids is 1. The van der Waals surface area contributed by atoms with Gasteiger partial charge in [0.05, 0.1) is 6.61 Å². The van der Waals surface area contributed by atoms with Crippen LogP contribution in [0.4, 0.5) is 0 Å². The molecular weight excluding hydrogens is 228 g/mol. The average Bonchev–Trinajstić information content (AvgIpc) is 2.42. The third kappa shape index (κ3) is 3.82. The molecule has 1 rings (SSSR count). The largest absolute Gasteiger partial charge is 0.383 e. The molecule has 0 radical (unpaired) electrons. The summed E-state index contributed by atoms with van der Waals surface area (Å²) in [4.78, 5) is 14.2. The second kappa shape index (κ2) is 7.84. The Morgan fingerprint density at radius 2 is 2.06 bits per heavy atom. The molecule has 0 saturated heterocycles. The molecule has 1 aromatic carbocycles. The first-order valence-corrected chi connectivity index (χ1v) is 6.30. The predicted octanol–water partition coefficient (Wildman–Crippen LogP) is 1.30. The topological polar surface area (TPSA) is 55.6 Å². The van der Waals surface area contributed by atoms with E-state index in [4.69, 9.17) is 10.5 Å². The lowest BCUT2D eigenvalue weighted by Gasteiger charge is -2.22. The van der Waals surface area contributed by atoms with Crippen molar-refractivity contribution in [3.8, 4) is 0 Å². The molecule has 18 heavy (non-hydrogen) atoms. The number of ether oxygens (including phenoxy) is 1. The molecule has 0 heterocycles. The van der Waals surface area contributed by atoms with E-state index >= 15 is 0 Å². The van der Waals surface area contributed by atoms with Gasteiger partial charge in [0.2, 0.25) is 0 Å². The fourth-order valence-electron chi connectivity index (χ4n) is 1.88. The summed E-state index contributed by atoms with van der Waals surface area (Å²) < 4.78 is 5.03. The van der Waals surface area contributed by atoms with Gasteiger partial charge in [-0.2, -0.15) is 0 Å². The Morgan fingerprint density at radius 3 is 2.67 bits per heavy atom. The Bertz CT molecular complexity index is 380. The zero-order valence-electron chi connectivity index (χ0n) is 11.2. The van der Waals surface area contributed by atoms with Crippen LogP contribution in [-0.2, 0) is 11.2 Å². The molecule has 0 saturated carbocycles. The van der Waals surface area contributed by atoms with E-state index in [2.05, 4.69) is 6.92 Å². The van der Waals surface area contributed by atoms with E-state index in [0.29, 0.717) is 26.2 Å². The van der Waals surface area contributed by atoms with Crippen molar-refractivity contribution in [3.63, 3.8) is 0 Å². The van der Waals surface area contributed by atoms with Gasteiger partial charge >= 0.3 is 0 Å². The summed E-state index contributed by atoms with van der Waals surface area (Å²) in [7, 11) is 1.63. The van der Waals surface area contributed by atoms with E-state index in [-0.39, 0.29) is 5.91 Å². The van der Waals surface area contributed by atoms with Gasteiger partial charge in [-0.15, -0.1) is 0 Å². The Hall–Kier alpha value is -1.39. The molecule has 0 unspecified atom stereocenters. The molecule has 0 spiro atoms. The lowest BCUT2D eigenvalue weighted by atomic mass is 10.0. The minimum absolute atomic E-state index is 0.0370. The zero-order chi connectivity index (χ0) is 13.4. The van der Waals surface area contributed by atoms with Crippen LogP contribution in [0.15, 0.2) is 24.3 Å². The highest BCUT2D eigenvalue weighted by Gasteiger charge is 2.16. The monoisotopic (exact) mass is 250 g/mol. The van der Waals surface area contributed by atoms with Crippen LogP contribution in [0.2, 0.25) is 0 Å². The molecule has 4 heteroatoms. The van der Waals surface area contributed by atoms with Gasteiger partial charge in [-0.25, -0.2) is 0 Å². The van der Waals surface area contributed by atoms with Crippen molar-refractivity contribution < 1.29 is 9.53 Å². The van der Waals surface area contributed by atoms with Crippen molar-refractivity contribution in [2.45, 2.75) is 13.3 Å². The van der Waals surface area contributed by atoms with Crippen LogP contribution in [-0.4, -0.2) is 44.2 Å². The Morgan fingerprint density at radius 1 is 1.33 bits per heavy atom. The molecular formula is C14H22N2O2. The number of hydrogen-bond donors (Lipinski definition) is 1. The normalized spacial score (nSPS) is 10.4. The number of rotatable bonds is 7. The van der Waals surface area contributed by atoms with Crippen LogP contribution in [0, 0.1) is 0 Å². The summed E-state index contributed by atoms with van der Waals surface area (Å²) in [5.74, 6) is 0.0370. The highest BCUT2D eigenvalue weighted by molar-refractivity contribution is 5.95. The van der Waals surface area contributed by atoms with Gasteiger partial charge < -0.3 is 15.4 Å². The summed E-state index contributed by atoms with van der Waals surface area (Å²) in [6, 6.07) is 7.71. The van der Waals surface area contributed by atoms with Gasteiger partial charge in [0.25, 0.3) is 5.91 Å². The second-order valence-electron chi connectivity index (χ2n) is 4.08. The van der Waals surface area contributed by atoms with Gasteiger partial charge in [0.15, 0.2) is 0 Å². The van der Waals surface area contributed by atoms with Crippen LogP contribution in [0.25, 0.3) is 0 Å². The molecule has 0 bridgehead atoms. The standard InChI is InChI=1S/C14H22N2O2/c1-3-12-6-4-5-7-13(12)14(17)16(9-8-15)10-11-18-2/h4-7H,3,8-11,15H2,1-2H3. The zero-order valence-corrected chi connectivity index (χ0v) is 11.2. The highest BCUT2D eigenvalue weighted by Crippen LogP contribution is 2.12. The molecule has 0 atom stereocenters. The van der Waals surface area contributed by atoms with Crippen molar-refractivity contribution in [2.75, 3.05) is 33.4 Å². The molecule has 0 aromatic heterocycles. The quantitative estimate of drug-likeness (QED) is 0.793. The molecule has 0 aliphatic heterocycles. The van der Waals surface area contributed by atoms with Crippen LogP contribution in [0.5, 0.6) is 0 Å². The lowest BCUT2D eigenvalue weighted by molar-refractivity contribution is 0.0700. The number of nitrogens with two attached hydrogens (primary N) is 1. The van der Waals surface area contributed by atoms with Gasteiger partial charge in [-0.05, 0) is 18.1 Å². The second-order valence-corrected chi connectivity index (χ2v) is 4.08. The molecule has 4 nitrogen and oxygen atoms in total. The molecule has 1 aromatic rings. The van der Waals surface area contributed by atoms with E-state index < -0.39 is 0 Å². The summed E-state index contributed by atoms with van der Waals surface area (Å²) in [6.45, 7) is 4.17. The fourth-order valence-corrected chi connectivity index (χ4v) is 1.88. The smallest absolute Gasteiger partial charge is 0.254 e. The molecule has 0 aliphatic carbocycles. The minimum atomic E-state index is 0.0370. The number of nitrogens with zero attached hydrogens (tertiary/aromatic N) is 1. The van der Waals surface area contributed by atoms with Gasteiger partial charge in [-0.1, -0.05) is 25.1 Å². The number of aryl methyl sites for hydroxylation is 1. The van der Waals surface area contributed by atoms with Crippen molar-refractivity contribution >= 4 is 5.91 Å². The number of benzene rings is 1. The van der Waals surface area contributed by atoms with Crippen molar-refractivity contribution in [1.29, 1.82) is 0 Å². The van der Waals surface area contributed by atoms with Crippen molar-refractivity contribution in [3.05, 3.63) is 35.4 Å². The van der Waals surface area contributed by atoms with E-state index in [9.17, 15) is 4.79 Å². The number of methoxy groups -OCH3 is 1. The third-order valence-corrected chi connectivity index (χ3v) is 2.88. The molecule has 1 amide bonds. The Balaban J connectivity index is 2.86. The van der Waals surface area contributed by atoms with E-state index in [1.165, 1.54) is 0 Å². The van der Waals surface area contributed by atoms with Gasteiger partial charge in [0, 0.05) is 32.3 Å². The average molecular weight is 250 g/mol. The number of amides is 1.